The Bertz CT molecular complexity index is 387. The normalized spacial score (nSPS) is 9.50. The molecule has 0 amide bonds. The molecule has 14 heavy (non-hydrogen) atoms. The third-order valence-electron chi connectivity index (χ3n) is 1.91. The molecular weight excluding hydrogens is 203 g/mol. The lowest BCUT2D eigenvalue weighted by molar-refractivity contribution is -0.687. The Morgan fingerprint density at radius 1 is 1.29 bits per heavy atom. The summed E-state index contributed by atoms with van der Waals surface area (Å²) in [4.78, 5) is 2.91. The van der Waals surface area contributed by atoms with E-state index < -0.39 is 0 Å². The first kappa shape index (κ1) is 10.7. The van der Waals surface area contributed by atoms with Gasteiger partial charge in [0.2, 0.25) is 6.33 Å². The molecule has 0 aliphatic heterocycles. The molecule has 4 heteroatoms. The first-order valence-electron chi connectivity index (χ1n) is 4.11. The van der Waals surface area contributed by atoms with Gasteiger partial charge < -0.3 is 12.4 Å². The number of aromatic amines is 1. The summed E-state index contributed by atoms with van der Waals surface area (Å²) >= 11 is 0. The van der Waals surface area contributed by atoms with Gasteiger partial charge in [-0.1, -0.05) is 18.2 Å². The maximum Gasteiger partial charge on any atom is 0.241 e. The van der Waals surface area contributed by atoms with Crippen molar-refractivity contribution in [1.29, 1.82) is 0 Å². The molecule has 0 radical (unpaired) electrons. The second-order valence-electron chi connectivity index (χ2n) is 2.88. The van der Waals surface area contributed by atoms with Crippen molar-refractivity contribution in [2.24, 2.45) is 0 Å². The third kappa shape index (κ3) is 2.33. The lowest BCUT2D eigenvalue weighted by atomic mass is 10.2. The smallest absolute Gasteiger partial charge is 0.241 e. The number of halogens is 2. The average Bonchev–Trinajstić information content (AvgIpc) is 2.61. The highest BCUT2D eigenvalue weighted by atomic mass is 35.5. The number of imidazole rings is 1. The molecule has 1 N–H and O–H groups in total. The summed E-state index contributed by atoms with van der Waals surface area (Å²) in [5.41, 5.74) is 0.701. The largest absolute Gasteiger partial charge is 1.00 e. The minimum Gasteiger partial charge on any atom is -1.00 e. The SMILES string of the molecule is Fc1ccccc1C[n+]1cc[nH]c1.[Cl-]. The van der Waals surface area contributed by atoms with E-state index in [0.717, 1.165) is 0 Å². The predicted octanol–water partition coefficient (Wildman–Crippen LogP) is -1.51. The molecule has 0 saturated heterocycles. The van der Waals surface area contributed by atoms with Crippen molar-refractivity contribution in [2.75, 3.05) is 0 Å². The number of rotatable bonds is 2. The Morgan fingerprint density at radius 2 is 2.07 bits per heavy atom. The van der Waals surface area contributed by atoms with Gasteiger partial charge >= 0.3 is 0 Å². The molecule has 2 rings (SSSR count). The van der Waals surface area contributed by atoms with Crippen LogP contribution in [0.2, 0.25) is 0 Å². The van der Waals surface area contributed by atoms with Crippen molar-refractivity contribution in [1.82, 2.24) is 4.98 Å². The van der Waals surface area contributed by atoms with Crippen LogP contribution in [0.5, 0.6) is 0 Å². The summed E-state index contributed by atoms with van der Waals surface area (Å²) in [7, 11) is 0. The van der Waals surface area contributed by atoms with E-state index in [1.807, 2.05) is 16.8 Å². The molecule has 0 saturated carbocycles. The van der Waals surface area contributed by atoms with E-state index in [4.69, 9.17) is 0 Å². The van der Waals surface area contributed by atoms with E-state index >= 15 is 0 Å². The molecule has 2 aromatic rings. The van der Waals surface area contributed by atoms with E-state index in [-0.39, 0.29) is 18.2 Å². The number of benzene rings is 1. The molecule has 0 aliphatic rings. The monoisotopic (exact) mass is 212 g/mol. The topological polar surface area (TPSA) is 19.7 Å². The number of hydrogen-bond acceptors (Lipinski definition) is 0. The highest BCUT2D eigenvalue weighted by molar-refractivity contribution is 5.15. The van der Waals surface area contributed by atoms with Gasteiger partial charge in [-0.2, -0.15) is 0 Å². The number of nitrogens with one attached hydrogen (secondary N) is 1. The quantitative estimate of drug-likeness (QED) is 0.585. The first-order valence-corrected chi connectivity index (χ1v) is 4.11. The molecule has 0 bridgehead atoms. The molecule has 0 spiro atoms. The molecule has 0 atom stereocenters. The van der Waals surface area contributed by atoms with Crippen LogP contribution in [-0.2, 0) is 6.54 Å². The Morgan fingerprint density at radius 3 is 2.71 bits per heavy atom. The van der Waals surface area contributed by atoms with Crippen molar-refractivity contribution in [3.05, 3.63) is 54.4 Å². The van der Waals surface area contributed by atoms with Gasteiger partial charge in [-0.3, -0.25) is 4.98 Å². The lowest BCUT2D eigenvalue weighted by Gasteiger charge is -1.98. The van der Waals surface area contributed by atoms with Crippen molar-refractivity contribution < 1.29 is 21.4 Å². The molecule has 1 aromatic heterocycles. The Hall–Kier alpha value is -1.35. The second kappa shape index (κ2) is 4.77. The van der Waals surface area contributed by atoms with Gasteiger partial charge in [0.1, 0.15) is 24.8 Å². The van der Waals surface area contributed by atoms with Gasteiger partial charge in [-0.15, -0.1) is 0 Å². The number of H-pyrrole nitrogens is 1. The van der Waals surface area contributed by atoms with Gasteiger partial charge in [-0.25, -0.2) is 8.96 Å². The molecule has 74 valence electrons. The van der Waals surface area contributed by atoms with Crippen LogP contribution in [0, 0.1) is 5.82 Å². The summed E-state index contributed by atoms with van der Waals surface area (Å²) in [6.07, 6.45) is 5.47. The Labute approximate surface area is 87.8 Å². The van der Waals surface area contributed by atoms with E-state index in [1.54, 1.807) is 24.7 Å². The van der Waals surface area contributed by atoms with E-state index in [0.29, 0.717) is 12.1 Å². The zero-order valence-electron chi connectivity index (χ0n) is 7.45. The molecule has 0 fully saturated rings. The van der Waals surface area contributed by atoms with E-state index in [9.17, 15) is 4.39 Å². The lowest BCUT2D eigenvalue weighted by Crippen LogP contribution is -3.00. The highest BCUT2D eigenvalue weighted by Gasteiger charge is 2.03. The third-order valence-corrected chi connectivity index (χ3v) is 1.91. The van der Waals surface area contributed by atoms with Crippen molar-refractivity contribution in [3.63, 3.8) is 0 Å². The van der Waals surface area contributed by atoms with Gasteiger partial charge in [0, 0.05) is 5.56 Å². The number of nitrogens with zero attached hydrogens (tertiary/aromatic N) is 1. The fourth-order valence-corrected chi connectivity index (χ4v) is 1.24. The standard InChI is InChI=1S/C10H9FN2.ClH/c11-10-4-2-1-3-9(10)7-13-6-5-12-8-13;/h1-6,8H,7H2;1H. The Balaban J connectivity index is 0.000000980. The maximum absolute atomic E-state index is 13.2. The summed E-state index contributed by atoms with van der Waals surface area (Å²) < 4.78 is 15.0. The van der Waals surface area contributed by atoms with Gasteiger partial charge in [0.15, 0.2) is 0 Å². The van der Waals surface area contributed by atoms with Crippen LogP contribution in [0.3, 0.4) is 0 Å². The maximum atomic E-state index is 13.2. The predicted molar refractivity (Wildman–Crippen MR) is 46.5 cm³/mol. The number of hydrogen-bond donors (Lipinski definition) is 1. The summed E-state index contributed by atoms with van der Waals surface area (Å²) in [6.45, 7) is 0.566. The van der Waals surface area contributed by atoms with Crippen LogP contribution in [-0.4, -0.2) is 4.98 Å². The Kier molecular flexibility index (Phi) is 3.65. The number of aromatic nitrogens is 2. The van der Waals surface area contributed by atoms with Gasteiger partial charge in [-0.05, 0) is 6.07 Å². The van der Waals surface area contributed by atoms with Crippen LogP contribution in [0.1, 0.15) is 5.56 Å². The zero-order chi connectivity index (χ0) is 9.10. The minimum atomic E-state index is -0.156. The fraction of sp³-hybridized carbons (Fsp3) is 0.100. The summed E-state index contributed by atoms with van der Waals surface area (Å²) in [6, 6.07) is 6.80. The van der Waals surface area contributed by atoms with Crippen LogP contribution in [0.15, 0.2) is 43.0 Å². The van der Waals surface area contributed by atoms with Gasteiger partial charge in [0.25, 0.3) is 0 Å². The molecule has 2 nitrogen and oxygen atoms in total. The molecule has 1 aromatic carbocycles. The van der Waals surface area contributed by atoms with Crippen LogP contribution in [0.4, 0.5) is 4.39 Å². The van der Waals surface area contributed by atoms with Crippen LogP contribution < -0.4 is 17.0 Å². The second-order valence-corrected chi connectivity index (χ2v) is 2.88. The molecule has 0 unspecified atom stereocenters. The van der Waals surface area contributed by atoms with Crippen molar-refractivity contribution in [2.45, 2.75) is 6.54 Å². The van der Waals surface area contributed by atoms with Crippen LogP contribution in [0.25, 0.3) is 0 Å². The van der Waals surface area contributed by atoms with Crippen molar-refractivity contribution in [3.8, 4) is 0 Å². The molecule has 1 heterocycles. The van der Waals surface area contributed by atoms with Crippen LogP contribution >= 0.6 is 0 Å². The van der Waals surface area contributed by atoms with Crippen molar-refractivity contribution >= 4 is 0 Å². The fourth-order valence-electron chi connectivity index (χ4n) is 1.24. The zero-order valence-corrected chi connectivity index (χ0v) is 8.21. The highest BCUT2D eigenvalue weighted by Crippen LogP contribution is 2.04. The van der Waals surface area contributed by atoms with Gasteiger partial charge in [0.05, 0.1) is 0 Å². The average molecular weight is 213 g/mol. The molecule has 0 aliphatic carbocycles. The first-order chi connectivity index (χ1) is 6.36. The summed E-state index contributed by atoms with van der Waals surface area (Å²) in [5.74, 6) is -0.156. The van der Waals surface area contributed by atoms with E-state index in [2.05, 4.69) is 4.98 Å². The van der Waals surface area contributed by atoms with E-state index in [1.165, 1.54) is 6.07 Å². The molecular formula is C10H10ClFN2. The summed E-state index contributed by atoms with van der Waals surface area (Å²) in [5, 5.41) is 0. The minimum absolute atomic E-state index is 0.